The van der Waals surface area contributed by atoms with E-state index in [0.29, 0.717) is 0 Å². The maximum atomic E-state index is 3.63. The fraction of sp³-hybridized carbons (Fsp3) is 0.111. The molecule has 0 aliphatic heterocycles. The van der Waals surface area contributed by atoms with Gasteiger partial charge in [0.2, 0.25) is 0 Å². The number of hydrogen-bond donors (Lipinski definition) is 0. The first kappa shape index (κ1) is 14.0. The molecule has 0 saturated carbocycles. The highest BCUT2D eigenvalue weighted by Crippen LogP contribution is 2.17. The molecule has 0 heterocycles. The molecule has 1 aromatic rings. The maximum absolute atomic E-state index is 3.63. The highest BCUT2D eigenvalue weighted by atomic mass is 14.0. The third kappa shape index (κ3) is 4.42. The van der Waals surface area contributed by atoms with Crippen LogP contribution in [0.4, 0.5) is 0 Å². The molecule has 0 aliphatic carbocycles. The normalized spacial score (nSPS) is 12.9. The summed E-state index contributed by atoms with van der Waals surface area (Å²) in [6, 6.07) is 8.54. The minimum Gasteiger partial charge on any atom is -0.0991 e. The number of allylic oxidation sites excluding steroid dienone is 8. The highest BCUT2D eigenvalue weighted by molar-refractivity contribution is 5.74. The van der Waals surface area contributed by atoms with Crippen LogP contribution in [-0.4, -0.2) is 0 Å². The van der Waals surface area contributed by atoms with E-state index in [2.05, 4.69) is 62.1 Å². The van der Waals surface area contributed by atoms with Crippen LogP contribution in [-0.2, 0) is 0 Å². The minimum atomic E-state index is 1.20. The quantitative estimate of drug-likeness (QED) is 0.599. The van der Waals surface area contributed by atoms with Gasteiger partial charge in [0, 0.05) is 0 Å². The zero-order valence-corrected chi connectivity index (χ0v) is 11.1. The zero-order valence-electron chi connectivity index (χ0n) is 11.1. The van der Waals surface area contributed by atoms with Crippen LogP contribution in [0.1, 0.15) is 25.0 Å². The van der Waals surface area contributed by atoms with E-state index in [1.165, 1.54) is 16.7 Å². The second-order valence-corrected chi connectivity index (χ2v) is 3.85. The smallest absolute Gasteiger partial charge is 0.0187 e. The molecule has 0 radical (unpaired) electrons. The third-order valence-corrected chi connectivity index (χ3v) is 2.55. The van der Waals surface area contributed by atoms with Crippen LogP contribution in [0.2, 0.25) is 0 Å². The predicted molar refractivity (Wildman–Crippen MR) is 83.3 cm³/mol. The third-order valence-electron chi connectivity index (χ3n) is 2.55. The minimum absolute atomic E-state index is 1.20. The number of benzene rings is 1. The summed E-state index contributed by atoms with van der Waals surface area (Å²) in [6.45, 7) is 7.72. The van der Waals surface area contributed by atoms with E-state index in [1.807, 2.05) is 25.2 Å². The van der Waals surface area contributed by atoms with Gasteiger partial charge in [-0.3, -0.25) is 0 Å². The van der Waals surface area contributed by atoms with Crippen molar-refractivity contribution in [2.24, 2.45) is 0 Å². The van der Waals surface area contributed by atoms with Gasteiger partial charge in [-0.2, -0.15) is 0 Å². The van der Waals surface area contributed by atoms with Crippen molar-refractivity contribution in [3.05, 3.63) is 84.5 Å². The van der Waals surface area contributed by atoms with Gasteiger partial charge in [-0.1, -0.05) is 79.5 Å². The number of rotatable bonds is 5. The van der Waals surface area contributed by atoms with E-state index in [-0.39, 0.29) is 0 Å². The molecule has 0 heteroatoms. The molecule has 0 nitrogen and oxygen atoms in total. The van der Waals surface area contributed by atoms with Crippen molar-refractivity contribution in [2.45, 2.75) is 13.8 Å². The van der Waals surface area contributed by atoms with Gasteiger partial charge in [-0.25, -0.2) is 0 Å². The molecule has 0 fully saturated rings. The Morgan fingerprint density at radius 3 is 2.28 bits per heavy atom. The molecule has 0 bridgehead atoms. The summed E-state index contributed by atoms with van der Waals surface area (Å²) in [5.41, 5.74) is 3.69. The Morgan fingerprint density at radius 1 is 1.00 bits per heavy atom. The first-order valence-corrected chi connectivity index (χ1v) is 6.17. The van der Waals surface area contributed by atoms with Crippen molar-refractivity contribution < 1.29 is 0 Å². The summed E-state index contributed by atoms with van der Waals surface area (Å²) in [5.74, 6) is 0. The van der Waals surface area contributed by atoms with E-state index in [1.54, 1.807) is 6.08 Å². The van der Waals surface area contributed by atoms with Gasteiger partial charge in [-0.15, -0.1) is 0 Å². The molecule has 0 amide bonds. The Labute approximate surface area is 110 Å². The predicted octanol–water partition coefficient (Wildman–Crippen LogP) is 5.42. The average molecular weight is 236 g/mol. The van der Waals surface area contributed by atoms with Gasteiger partial charge in [-0.05, 0) is 30.5 Å². The second-order valence-electron chi connectivity index (χ2n) is 3.85. The highest BCUT2D eigenvalue weighted by Gasteiger charge is 1.95. The van der Waals surface area contributed by atoms with Gasteiger partial charge in [0.05, 0.1) is 0 Å². The van der Waals surface area contributed by atoms with E-state index in [4.69, 9.17) is 0 Å². The first-order chi connectivity index (χ1) is 8.81. The van der Waals surface area contributed by atoms with Crippen LogP contribution in [0.25, 0.3) is 11.6 Å². The second kappa shape index (κ2) is 8.08. The molecule has 0 aliphatic rings. The van der Waals surface area contributed by atoms with Crippen molar-refractivity contribution >= 4 is 11.6 Å². The molecule has 0 N–H and O–H groups in total. The van der Waals surface area contributed by atoms with Crippen molar-refractivity contribution in [3.63, 3.8) is 0 Å². The zero-order chi connectivity index (χ0) is 13.2. The summed E-state index contributed by atoms with van der Waals surface area (Å²) >= 11 is 0. The Hall–Kier alpha value is -2.08. The summed E-state index contributed by atoms with van der Waals surface area (Å²) < 4.78 is 0. The maximum Gasteiger partial charge on any atom is -0.0187 e. The van der Waals surface area contributed by atoms with Crippen LogP contribution in [0, 0.1) is 0 Å². The molecular formula is C18H20. The van der Waals surface area contributed by atoms with Crippen LogP contribution >= 0.6 is 0 Å². The Kier molecular flexibility index (Phi) is 6.27. The van der Waals surface area contributed by atoms with Gasteiger partial charge in [0.1, 0.15) is 0 Å². The van der Waals surface area contributed by atoms with E-state index in [9.17, 15) is 0 Å². The fourth-order valence-corrected chi connectivity index (χ4v) is 1.63. The molecule has 0 aromatic heterocycles. The summed E-state index contributed by atoms with van der Waals surface area (Å²) in [5, 5.41) is 0. The van der Waals surface area contributed by atoms with E-state index < -0.39 is 0 Å². The monoisotopic (exact) mass is 236 g/mol. The molecule has 18 heavy (non-hydrogen) atoms. The first-order valence-electron chi connectivity index (χ1n) is 6.17. The van der Waals surface area contributed by atoms with Crippen molar-refractivity contribution in [1.82, 2.24) is 0 Å². The SMILES string of the molecule is C=C/C=C\C=Cc1ccc(C(/C=C\C)=C/C)cc1. The Balaban J connectivity index is 2.82. The standard InChI is InChI=1S/C18H20/c1-4-7-8-9-11-16-12-14-18(15-13-16)17(6-3)10-5-2/h4-15H,1H2,2-3H3/b8-7-,10-5-,11-9?,17-6+. The van der Waals surface area contributed by atoms with Crippen molar-refractivity contribution in [3.8, 4) is 0 Å². The molecule has 0 saturated heterocycles. The summed E-state index contributed by atoms with van der Waals surface area (Å²) in [4.78, 5) is 0. The van der Waals surface area contributed by atoms with Gasteiger partial charge < -0.3 is 0 Å². The lowest BCUT2D eigenvalue weighted by Crippen LogP contribution is -1.81. The topological polar surface area (TPSA) is 0 Å². The molecule has 0 atom stereocenters. The van der Waals surface area contributed by atoms with Gasteiger partial charge in [0.15, 0.2) is 0 Å². The fourth-order valence-electron chi connectivity index (χ4n) is 1.63. The van der Waals surface area contributed by atoms with E-state index in [0.717, 1.165) is 0 Å². The van der Waals surface area contributed by atoms with Gasteiger partial charge in [0.25, 0.3) is 0 Å². The summed E-state index contributed by atoms with van der Waals surface area (Å²) in [6.07, 6.45) is 16.0. The molecule has 1 aromatic carbocycles. The van der Waals surface area contributed by atoms with Crippen LogP contribution in [0.3, 0.4) is 0 Å². The average Bonchev–Trinajstić information content (AvgIpc) is 2.42. The van der Waals surface area contributed by atoms with E-state index >= 15 is 0 Å². The molecule has 1 rings (SSSR count). The Morgan fingerprint density at radius 2 is 1.72 bits per heavy atom. The van der Waals surface area contributed by atoms with Crippen LogP contribution < -0.4 is 0 Å². The molecule has 92 valence electrons. The Bertz CT molecular complexity index is 479. The lowest BCUT2D eigenvalue weighted by Gasteiger charge is -2.02. The van der Waals surface area contributed by atoms with Crippen LogP contribution in [0.15, 0.2) is 73.4 Å². The van der Waals surface area contributed by atoms with Crippen molar-refractivity contribution in [2.75, 3.05) is 0 Å². The lowest BCUT2D eigenvalue weighted by atomic mass is 10.0. The largest absolute Gasteiger partial charge is 0.0991 e. The molecular weight excluding hydrogens is 216 g/mol. The van der Waals surface area contributed by atoms with Crippen molar-refractivity contribution in [1.29, 1.82) is 0 Å². The lowest BCUT2D eigenvalue weighted by molar-refractivity contribution is 1.56. The van der Waals surface area contributed by atoms with Crippen LogP contribution in [0.5, 0.6) is 0 Å². The number of hydrogen-bond acceptors (Lipinski definition) is 0. The molecule has 0 spiro atoms. The van der Waals surface area contributed by atoms with Gasteiger partial charge >= 0.3 is 0 Å². The summed E-state index contributed by atoms with van der Waals surface area (Å²) in [7, 11) is 0. The molecule has 0 unspecified atom stereocenters.